The Labute approximate surface area is 143 Å². The van der Waals surface area contributed by atoms with Crippen molar-refractivity contribution in [1.29, 1.82) is 0 Å². The lowest BCUT2D eigenvalue weighted by Gasteiger charge is -2.33. The number of carbonyl (C=O) groups is 1. The van der Waals surface area contributed by atoms with E-state index in [4.69, 9.17) is 0 Å². The first kappa shape index (κ1) is 17.4. The van der Waals surface area contributed by atoms with Crippen molar-refractivity contribution < 1.29 is 18.0 Å². The molecule has 2 aliphatic rings. The molecule has 1 amide bonds. The second-order valence-corrected chi connectivity index (χ2v) is 6.10. The number of benzene rings is 1. The molecule has 3 rings (SSSR count). The van der Waals surface area contributed by atoms with E-state index < -0.39 is 11.7 Å². The van der Waals surface area contributed by atoms with Crippen molar-refractivity contribution in [2.45, 2.75) is 24.9 Å². The molecule has 0 saturated carbocycles. The van der Waals surface area contributed by atoms with Crippen LogP contribution in [0.2, 0.25) is 0 Å². The van der Waals surface area contributed by atoms with Gasteiger partial charge in [0.05, 0.1) is 12.1 Å². The van der Waals surface area contributed by atoms with E-state index in [-0.39, 0.29) is 18.4 Å². The molecular weight excluding hydrogens is 331 g/mol. The van der Waals surface area contributed by atoms with Gasteiger partial charge in [-0.3, -0.25) is 4.79 Å². The molecule has 1 aromatic carbocycles. The highest BCUT2D eigenvalue weighted by Gasteiger charge is 2.36. The van der Waals surface area contributed by atoms with Gasteiger partial charge in [0.25, 0.3) is 5.91 Å². The number of hydrogen-bond donors (Lipinski definition) is 0. The number of rotatable bonds is 2. The first-order valence-electron chi connectivity index (χ1n) is 8.14. The van der Waals surface area contributed by atoms with E-state index in [1.807, 2.05) is 0 Å². The number of carbonyl (C=O) groups excluding carboxylic acids is 1. The van der Waals surface area contributed by atoms with Crippen LogP contribution >= 0.6 is 0 Å². The van der Waals surface area contributed by atoms with E-state index in [1.54, 1.807) is 29.2 Å². The number of azo groups is 1. The van der Waals surface area contributed by atoms with E-state index in [0.717, 1.165) is 6.07 Å². The second-order valence-electron chi connectivity index (χ2n) is 6.10. The number of halogens is 3. The molecule has 132 valence electrons. The van der Waals surface area contributed by atoms with Gasteiger partial charge in [-0.25, -0.2) is 0 Å². The fraction of sp³-hybridized carbons (Fsp3) is 0.389. The molecular formula is C18H18F3N3O. The third-order valence-electron chi connectivity index (χ3n) is 4.54. The number of likely N-dealkylation sites (tertiary alicyclic amines) is 1. The average molecular weight is 349 g/mol. The van der Waals surface area contributed by atoms with Gasteiger partial charge >= 0.3 is 6.18 Å². The van der Waals surface area contributed by atoms with Crippen LogP contribution in [0.4, 0.5) is 13.2 Å². The number of allylic oxidation sites excluding steroid dienone is 2. The second kappa shape index (κ2) is 7.21. The van der Waals surface area contributed by atoms with Crippen LogP contribution in [-0.4, -0.2) is 30.4 Å². The zero-order chi connectivity index (χ0) is 17.9. The Morgan fingerprint density at radius 2 is 1.88 bits per heavy atom. The van der Waals surface area contributed by atoms with E-state index >= 15 is 0 Å². The van der Waals surface area contributed by atoms with Gasteiger partial charge in [0.2, 0.25) is 0 Å². The molecule has 1 saturated heterocycles. The number of amides is 1. The molecule has 0 atom stereocenters. The molecule has 2 aliphatic heterocycles. The summed E-state index contributed by atoms with van der Waals surface area (Å²) < 4.78 is 39.6. The summed E-state index contributed by atoms with van der Waals surface area (Å²) in [6.07, 6.45) is 1.54. The van der Waals surface area contributed by atoms with Crippen molar-refractivity contribution in [3.05, 3.63) is 59.3 Å². The molecule has 1 aromatic rings. The van der Waals surface area contributed by atoms with Crippen LogP contribution in [0.25, 0.3) is 0 Å². The van der Waals surface area contributed by atoms with Gasteiger partial charge < -0.3 is 4.90 Å². The normalized spacial score (nSPS) is 18.8. The molecule has 7 heteroatoms. The molecule has 0 spiro atoms. The Morgan fingerprint density at radius 3 is 2.60 bits per heavy atom. The van der Waals surface area contributed by atoms with E-state index in [0.29, 0.717) is 37.1 Å². The van der Waals surface area contributed by atoms with Crippen molar-refractivity contribution in [3.63, 3.8) is 0 Å². The Balaban J connectivity index is 1.69. The topological polar surface area (TPSA) is 45.0 Å². The van der Waals surface area contributed by atoms with Crippen molar-refractivity contribution in [2.24, 2.45) is 10.2 Å². The standard InChI is InChI=1S/C18H18F3N3O/c19-18(20,21)16-6-2-1-5-15(16)13-7-10-24(11-8-13)17(25)14-4-3-9-22-23-12-14/h1-6,9,13H,7-8,10-12H2. The van der Waals surface area contributed by atoms with E-state index in [1.165, 1.54) is 12.3 Å². The first-order valence-corrected chi connectivity index (χ1v) is 8.14. The highest BCUT2D eigenvalue weighted by atomic mass is 19.4. The minimum absolute atomic E-state index is 0.118. The smallest absolute Gasteiger partial charge is 0.339 e. The molecule has 0 aliphatic carbocycles. The minimum atomic E-state index is -4.36. The van der Waals surface area contributed by atoms with Crippen molar-refractivity contribution >= 4 is 5.91 Å². The van der Waals surface area contributed by atoms with Crippen LogP contribution in [0, 0.1) is 0 Å². The van der Waals surface area contributed by atoms with E-state index in [2.05, 4.69) is 10.2 Å². The van der Waals surface area contributed by atoms with Crippen molar-refractivity contribution in [3.8, 4) is 0 Å². The van der Waals surface area contributed by atoms with Gasteiger partial charge in [-0.1, -0.05) is 18.2 Å². The number of piperidine rings is 1. The minimum Gasteiger partial charge on any atom is -0.339 e. The monoisotopic (exact) mass is 349 g/mol. The summed E-state index contributed by atoms with van der Waals surface area (Å²) in [4.78, 5) is 14.2. The Hall–Kier alpha value is -2.44. The maximum atomic E-state index is 13.2. The summed E-state index contributed by atoms with van der Waals surface area (Å²) in [5.74, 6) is -0.308. The van der Waals surface area contributed by atoms with Gasteiger partial charge in [-0.05, 0) is 42.5 Å². The number of hydrogen-bond acceptors (Lipinski definition) is 3. The summed E-state index contributed by atoms with van der Waals surface area (Å²) >= 11 is 0. The molecule has 2 heterocycles. The SMILES string of the molecule is O=C(C1=CC=CN=NC1)N1CCC(c2ccccc2C(F)(F)F)CC1. The molecule has 4 nitrogen and oxygen atoms in total. The van der Waals surface area contributed by atoms with Gasteiger partial charge in [-0.2, -0.15) is 23.4 Å². The maximum absolute atomic E-state index is 13.2. The molecule has 0 bridgehead atoms. The van der Waals surface area contributed by atoms with Crippen molar-refractivity contribution in [2.75, 3.05) is 19.6 Å². The molecule has 25 heavy (non-hydrogen) atoms. The Kier molecular flexibility index (Phi) is 5.01. The fourth-order valence-electron chi connectivity index (χ4n) is 3.26. The fourth-order valence-corrected chi connectivity index (χ4v) is 3.26. The van der Waals surface area contributed by atoms with Crippen LogP contribution in [0.1, 0.15) is 29.9 Å². The van der Waals surface area contributed by atoms with Crippen LogP contribution in [0.15, 0.2) is 58.4 Å². The van der Waals surface area contributed by atoms with Gasteiger partial charge in [0.15, 0.2) is 0 Å². The van der Waals surface area contributed by atoms with E-state index in [9.17, 15) is 18.0 Å². The zero-order valence-electron chi connectivity index (χ0n) is 13.5. The average Bonchev–Trinajstić information content (AvgIpc) is 2.90. The maximum Gasteiger partial charge on any atom is 0.416 e. The van der Waals surface area contributed by atoms with Gasteiger partial charge in [0, 0.05) is 24.9 Å². The molecule has 0 aromatic heterocycles. The van der Waals surface area contributed by atoms with Crippen LogP contribution in [0.3, 0.4) is 0 Å². The summed E-state index contributed by atoms with van der Waals surface area (Å²) in [5, 5.41) is 7.61. The summed E-state index contributed by atoms with van der Waals surface area (Å²) in [6.45, 7) is 1.10. The number of nitrogens with zero attached hydrogens (tertiary/aromatic N) is 3. The quantitative estimate of drug-likeness (QED) is 0.784. The Morgan fingerprint density at radius 1 is 1.16 bits per heavy atom. The summed E-state index contributed by atoms with van der Waals surface area (Å²) in [6, 6.07) is 5.71. The Bertz CT molecular complexity index is 729. The van der Waals surface area contributed by atoms with Crippen molar-refractivity contribution in [1.82, 2.24) is 4.90 Å². The van der Waals surface area contributed by atoms with Crippen LogP contribution in [0.5, 0.6) is 0 Å². The van der Waals surface area contributed by atoms with Crippen LogP contribution < -0.4 is 0 Å². The summed E-state index contributed by atoms with van der Waals surface area (Å²) in [5.41, 5.74) is 0.302. The third kappa shape index (κ3) is 3.97. The lowest BCUT2D eigenvalue weighted by atomic mass is 9.86. The molecule has 0 N–H and O–H groups in total. The third-order valence-corrected chi connectivity index (χ3v) is 4.54. The lowest BCUT2D eigenvalue weighted by Crippen LogP contribution is -2.39. The summed E-state index contributed by atoms with van der Waals surface area (Å²) in [7, 11) is 0. The molecule has 0 unspecified atom stereocenters. The van der Waals surface area contributed by atoms with Gasteiger partial charge in [-0.15, -0.1) is 0 Å². The van der Waals surface area contributed by atoms with Gasteiger partial charge in [0.1, 0.15) is 0 Å². The van der Waals surface area contributed by atoms with Crippen LogP contribution in [-0.2, 0) is 11.0 Å². The predicted molar refractivity (Wildman–Crippen MR) is 86.9 cm³/mol. The molecule has 0 radical (unpaired) electrons. The number of alkyl halides is 3. The highest BCUT2D eigenvalue weighted by Crippen LogP contribution is 2.38. The largest absolute Gasteiger partial charge is 0.416 e. The highest BCUT2D eigenvalue weighted by molar-refractivity contribution is 5.94. The predicted octanol–water partition coefficient (Wildman–Crippen LogP) is 4.32. The first-order chi connectivity index (χ1) is 12.0. The zero-order valence-corrected chi connectivity index (χ0v) is 13.5. The molecule has 1 fully saturated rings. The lowest BCUT2D eigenvalue weighted by molar-refractivity contribution is -0.138.